The molecule has 0 aliphatic rings. The highest BCUT2D eigenvalue weighted by molar-refractivity contribution is 7.85. The van der Waals surface area contributed by atoms with E-state index >= 15 is 0 Å². The molecule has 0 unspecified atom stereocenters. The van der Waals surface area contributed by atoms with Crippen molar-refractivity contribution in [3.05, 3.63) is 59.0 Å². The summed E-state index contributed by atoms with van der Waals surface area (Å²) in [6.07, 6.45) is 0.715. The van der Waals surface area contributed by atoms with Gasteiger partial charge in [-0.25, -0.2) is 8.78 Å². The molecule has 1 amide bonds. The molecule has 28 heavy (non-hydrogen) atoms. The molecule has 0 bridgehead atoms. The van der Waals surface area contributed by atoms with Crippen LogP contribution in [0.1, 0.15) is 9.67 Å². The minimum absolute atomic E-state index is 0.134. The zero-order valence-corrected chi connectivity index (χ0v) is 16.0. The van der Waals surface area contributed by atoms with Gasteiger partial charge in [0.25, 0.3) is 16.0 Å². The highest BCUT2D eigenvalue weighted by atomic mass is 32.2. The van der Waals surface area contributed by atoms with Crippen LogP contribution in [0, 0.1) is 11.6 Å². The molecule has 0 aliphatic heterocycles. The number of aliphatic imine (C=N–C) groups is 1. The molecule has 0 saturated heterocycles. The molecule has 3 rings (SSSR count). The Morgan fingerprint density at radius 3 is 2.29 bits per heavy atom. The number of hydrogen-bond acceptors (Lipinski definition) is 4. The second kappa shape index (κ2) is 8.42. The fourth-order valence-corrected chi connectivity index (χ4v) is 3.26. The van der Waals surface area contributed by atoms with Crippen molar-refractivity contribution in [1.82, 2.24) is 0 Å². The molecule has 1 heterocycles. The van der Waals surface area contributed by atoms with E-state index < -0.39 is 27.7 Å². The highest BCUT2D eigenvalue weighted by Crippen LogP contribution is 2.35. The van der Waals surface area contributed by atoms with E-state index in [9.17, 15) is 22.0 Å². The van der Waals surface area contributed by atoms with Crippen molar-refractivity contribution in [2.75, 3.05) is 6.26 Å². The van der Waals surface area contributed by atoms with Gasteiger partial charge in [0.05, 0.1) is 11.1 Å². The van der Waals surface area contributed by atoms with E-state index in [1.807, 2.05) is 0 Å². The van der Waals surface area contributed by atoms with Crippen LogP contribution in [0.4, 0.5) is 8.78 Å². The molecule has 0 saturated carbocycles. The zero-order valence-electron chi connectivity index (χ0n) is 14.4. The Bertz CT molecular complexity index is 1160. The Hall–Kier alpha value is -2.89. The number of fused-ring (bicyclic) bond motifs is 1. The van der Waals surface area contributed by atoms with Gasteiger partial charge in [-0.2, -0.15) is 13.4 Å². The number of guanidine groups is 1. The molecule has 2 aromatic carbocycles. The van der Waals surface area contributed by atoms with Crippen molar-refractivity contribution in [2.45, 2.75) is 0 Å². The molecule has 0 spiro atoms. The number of thiophene rings is 1. The maximum atomic E-state index is 14.1. The van der Waals surface area contributed by atoms with Crippen LogP contribution in [0.5, 0.6) is 0 Å². The number of rotatable bonds is 2. The topological polar surface area (TPSA) is 136 Å². The van der Waals surface area contributed by atoms with Gasteiger partial charge in [0.1, 0.15) is 0 Å². The monoisotopic (exact) mass is 427 g/mol. The predicted molar refractivity (Wildman–Crippen MR) is 105 cm³/mol. The number of carbonyl (C=O) groups is 1. The summed E-state index contributed by atoms with van der Waals surface area (Å²) in [6.45, 7) is 0. The number of amides is 1. The molecule has 3 aromatic rings. The van der Waals surface area contributed by atoms with Gasteiger partial charge in [-0.3, -0.25) is 9.35 Å². The lowest BCUT2D eigenvalue weighted by Crippen LogP contribution is -2.24. The molecule has 0 aliphatic carbocycles. The first-order chi connectivity index (χ1) is 13.0. The van der Waals surface area contributed by atoms with Crippen molar-refractivity contribution in [3.8, 4) is 11.1 Å². The molecule has 0 radical (unpaired) electrons. The third-order valence-corrected chi connectivity index (χ3v) is 4.33. The van der Waals surface area contributed by atoms with Crippen molar-refractivity contribution in [3.63, 3.8) is 0 Å². The standard InChI is InChI=1S/C16H11F2N3OS.CH4O3S/c17-11-5-1-4-9(14(11)18)8-3-2-6-12-10(8)7-13(23-12)15(22)21-16(19)20;1-5(2,3)4/h1-7H,(H4,19,20,21,22);1H3,(H,2,3,4). The van der Waals surface area contributed by atoms with Gasteiger partial charge >= 0.3 is 0 Å². The van der Waals surface area contributed by atoms with Crippen LogP contribution in [0.15, 0.2) is 47.5 Å². The minimum atomic E-state index is -3.67. The lowest BCUT2D eigenvalue weighted by molar-refractivity contribution is 0.101. The third-order valence-electron chi connectivity index (χ3n) is 3.24. The quantitative estimate of drug-likeness (QED) is 0.327. The first-order valence-electron chi connectivity index (χ1n) is 7.50. The Kier molecular flexibility index (Phi) is 6.44. The van der Waals surface area contributed by atoms with Crippen LogP contribution in [-0.4, -0.2) is 31.1 Å². The smallest absolute Gasteiger partial charge is 0.290 e. The van der Waals surface area contributed by atoms with Gasteiger partial charge in [0, 0.05) is 15.6 Å². The van der Waals surface area contributed by atoms with Gasteiger partial charge in [-0.15, -0.1) is 11.3 Å². The van der Waals surface area contributed by atoms with Gasteiger partial charge in [0.15, 0.2) is 17.6 Å². The third kappa shape index (κ3) is 5.55. The zero-order chi connectivity index (χ0) is 21.1. The number of nitrogens with zero attached hydrogens (tertiary/aromatic N) is 1. The second-order valence-corrected chi connectivity index (χ2v) is 8.05. The molecular weight excluding hydrogens is 412 g/mol. The van der Waals surface area contributed by atoms with Crippen molar-refractivity contribution in [2.24, 2.45) is 16.5 Å². The Labute approximate surface area is 163 Å². The lowest BCUT2D eigenvalue weighted by atomic mass is 10.0. The van der Waals surface area contributed by atoms with Crippen molar-refractivity contribution in [1.29, 1.82) is 0 Å². The molecule has 148 valence electrons. The van der Waals surface area contributed by atoms with E-state index in [1.165, 1.54) is 23.5 Å². The molecule has 0 fully saturated rings. The SMILES string of the molecule is CS(=O)(=O)O.NC(N)=NC(=O)c1cc2c(-c3cccc(F)c3F)cccc2s1. The normalized spacial score (nSPS) is 10.9. The summed E-state index contributed by atoms with van der Waals surface area (Å²) >= 11 is 1.18. The highest BCUT2D eigenvalue weighted by Gasteiger charge is 2.16. The van der Waals surface area contributed by atoms with E-state index in [4.69, 9.17) is 16.0 Å². The summed E-state index contributed by atoms with van der Waals surface area (Å²) in [5.41, 5.74) is 11.0. The minimum Gasteiger partial charge on any atom is -0.370 e. The van der Waals surface area contributed by atoms with Gasteiger partial charge in [-0.05, 0) is 23.8 Å². The summed E-state index contributed by atoms with van der Waals surface area (Å²) < 4.78 is 54.1. The lowest BCUT2D eigenvalue weighted by Gasteiger charge is -2.05. The number of halogens is 2. The Morgan fingerprint density at radius 1 is 1.11 bits per heavy atom. The number of nitrogens with two attached hydrogens (primary N) is 2. The fourth-order valence-electron chi connectivity index (χ4n) is 2.29. The summed E-state index contributed by atoms with van der Waals surface area (Å²) in [6, 6.07) is 10.7. The van der Waals surface area contributed by atoms with Crippen LogP contribution in [-0.2, 0) is 10.1 Å². The van der Waals surface area contributed by atoms with Crippen molar-refractivity contribution < 1.29 is 26.5 Å². The molecule has 5 N–H and O–H groups in total. The van der Waals surface area contributed by atoms with Crippen LogP contribution in [0.2, 0.25) is 0 Å². The van der Waals surface area contributed by atoms with E-state index in [1.54, 1.807) is 24.3 Å². The molecule has 0 atom stereocenters. The van der Waals surface area contributed by atoms with Crippen LogP contribution in [0.3, 0.4) is 0 Å². The fraction of sp³-hybridized carbons (Fsp3) is 0.0588. The maximum Gasteiger partial charge on any atom is 0.290 e. The van der Waals surface area contributed by atoms with Gasteiger partial charge in [0.2, 0.25) is 0 Å². The number of benzene rings is 2. The van der Waals surface area contributed by atoms with Gasteiger partial charge in [-0.1, -0.05) is 24.3 Å². The Morgan fingerprint density at radius 2 is 1.68 bits per heavy atom. The maximum absolute atomic E-state index is 14.1. The predicted octanol–water partition coefficient (Wildman–Crippen LogP) is 2.76. The van der Waals surface area contributed by atoms with E-state index in [-0.39, 0.29) is 11.5 Å². The largest absolute Gasteiger partial charge is 0.370 e. The summed E-state index contributed by atoms with van der Waals surface area (Å²) in [7, 11) is -3.67. The first kappa shape index (κ1) is 21.4. The average Bonchev–Trinajstić information content (AvgIpc) is 3.00. The summed E-state index contributed by atoms with van der Waals surface area (Å²) in [5.74, 6) is -2.75. The second-order valence-electron chi connectivity index (χ2n) is 5.50. The molecule has 1 aromatic heterocycles. The van der Waals surface area contributed by atoms with E-state index in [2.05, 4.69) is 4.99 Å². The number of hydrogen-bond donors (Lipinski definition) is 3. The molecular formula is C17H15F2N3O4S2. The van der Waals surface area contributed by atoms with Gasteiger partial charge < -0.3 is 11.5 Å². The van der Waals surface area contributed by atoms with Crippen LogP contribution < -0.4 is 11.5 Å². The van der Waals surface area contributed by atoms with Crippen LogP contribution in [0.25, 0.3) is 21.2 Å². The van der Waals surface area contributed by atoms with E-state index in [0.717, 1.165) is 10.8 Å². The molecule has 7 nitrogen and oxygen atoms in total. The first-order valence-corrected chi connectivity index (χ1v) is 10.2. The van der Waals surface area contributed by atoms with Crippen LogP contribution >= 0.6 is 11.3 Å². The molecule has 11 heteroatoms. The average molecular weight is 427 g/mol. The van der Waals surface area contributed by atoms with Crippen molar-refractivity contribution >= 4 is 43.4 Å². The summed E-state index contributed by atoms with van der Waals surface area (Å²) in [4.78, 5) is 15.7. The van der Waals surface area contributed by atoms with E-state index in [0.29, 0.717) is 22.1 Å². The Balaban J connectivity index is 0.000000500. The summed E-state index contributed by atoms with van der Waals surface area (Å²) in [5, 5.41) is 0.635. The number of carbonyl (C=O) groups excluding carboxylic acids is 1.